The minimum atomic E-state index is -0.860. The molecule has 0 aromatic rings. The first-order valence-electron chi connectivity index (χ1n) is 17.7. The van der Waals surface area contributed by atoms with Gasteiger partial charge in [0.25, 0.3) is 0 Å². The molecule has 4 heteroatoms. The molecule has 0 saturated heterocycles. The molecule has 0 heterocycles. The van der Waals surface area contributed by atoms with Crippen molar-refractivity contribution in [2.24, 2.45) is 0 Å². The number of allylic oxidation sites excluding steroid dienone is 5. The summed E-state index contributed by atoms with van der Waals surface area (Å²) < 4.78 is 0. The number of aliphatic hydroxyl groups is 2. The molecule has 0 fully saturated rings. The van der Waals surface area contributed by atoms with E-state index in [1.165, 1.54) is 122 Å². The Bertz CT molecular complexity index is 628. The summed E-state index contributed by atoms with van der Waals surface area (Å²) in [6, 6.07) is -0.637. The first-order valence-corrected chi connectivity index (χ1v) is 17.7. The summed E-state index contributed by atoms with van der Waals surface area (Å²) in [5.41, 5.74) is 0. The molecule has 3 N–H and O–H groups in total. The van der Waals surface area contributed by atoms with Crippen molar-refractivity contribution in [2.75, 3.05) is 6.61 Å². The maximum absolute atomic E-state index is 12.3. The van der Waals surface area contributed by atoms with Crippen molar-refractivity contribution < 1.29 is 15.0 Å². The van der Waals surface area contributed by atoms with Crippen LogP contribution in [0.3, 0.4) is 0 Å². The van der Waals surface area contributed by atoms with E-state index < -0.39 is 12.1 Å². The largest absolute Gasteiger partial charge is 0.394 e. The Morgan fingerprint density at radius 3 is 1.44 bits per heavy atom. The smallest absolute Gasteiger partial charge is 0.220 e. The molecule has 4 nitrogen and oxygen atoms in total. The highest BCUT2D eigenvalue weighted by Crippen LogP contribution is 2.12. The van der Waals surface area contributed by atoms with Crippen molar-refractivity contribution in [2.45, 2.75) is 187 Å². The second-order valence-electron chi connectivity index (χ2n) is 11.9. The summed E-state index contributed by atoms with van der Waals surface area (Å²) in [6.45, 7) is 4.26. The van der Waals surface area contributed by atoms with E-state index in [9.17, 15) is 15.0 Å². The monoisotopic (exact) mass is 576 g/mol. The van der Waals surface area contributed by atoms with Crippen molar-refractivity contribution in [3.63, 3.8) is 0 Å². The average Bonchev–Trinajstić information content (AvgIpc) is 2.97. The Morgan fingerprint density at radius 1 is 0.561 bits per heavy atom. The molecule has 0 radical (unpaired) electrons. The van der Waals surface area contributed by atoms with E-state index in [0.29, 0.717) is 6.42 Å². The molecule has 0 aromatic heterocycles. The molecule has 0 aromatic carbocycles. The van der Waals surface area contributed by atoms with Gasteiger partial charge in [-0.15, -0.1) is 0 Å². The van der Waals surface area contributed by atoms with Crippen LogP contribution in [0.1, 0.15) is 174 Å². The van der Waals surface area contributed by atoms with E-state index in [0.717, 1.165) is 32.1 Å². The van der Waals surface area contributed by atoms with Gasteiger partial charge in [-0.2, -0.15) is 0 Å². The maximum atomic E-state index is 12.3. The van der Waals surface area contributed by atoms with Crippen LogP contribution in [0.2, 0.25) is 0 Å². The van der Waals surface area contributed by atoms with E-state index in [-0.39, 0.29) is 12.5 Å². The van der Waals surface area contributed by atoms with Crippen molar-refractivity contribution in [3.8, 4) is 0 Å². The Labute approximate surface area is 255 Å². The fourth-order valence-electron chi connectivity index (χ4n) is 5.07. The number of rotatable bonds is 31. The predicted octanol–water partition coefficient (Wildman–Crippen LogP) is 10.3. The molecule has 0 bridgehead atoms. The van der Waals surface area contributed by atoms with E-state index in [1.807, 2.05) is 6.08 Å². The third kappa shape index (κ3) is 29.9. The normalized spacial score (nSPS) is 13.6. The molecule has 0 saturated carbocycles. The van der Waals surface area contributed by atoms with Crippen LogP contribution in [-0.4, -0.2) is 34.9 Å². The molecule has 1 amide bonds. The fourth-order valence-corrected chi connectivity index (χ4v) is 5.07. The minimum absolute atomic E-state index is 0.0816. The second-order valence-corrected chi connectivity index (χ2v) is 11.9. The lowest BCUT2D eigenvalue weighted by atomic mass is 10.1. The van der Waals surface area contributed by atoms with Gasteiger partial charge in [0.2, 0.25) is 5.91 Å². The fraction of sp³-hybridized carbons (Fsp3) is 0.811. The Morgan fingerprint density at radius 2 is 0.951 bits per heavy atom. The lowest BCUT2D eigenvalue weighted by Crippen LogP contribution is -2.45. The number of hydrogen-bond acceptors (Lipinski definition) is 3. The number of amides is 1. The molecule has 0 rings (SSSR count). The zero-order chi connectivity index (χ0) is 30.1. The molecule has 2 atom stereocenters. The molecule has 2 unspecified atom stereocenters. The molecule has 0 spiro atoms. The highest BCUT2D eigenvalue weighted by Gasteiger charge is 2.17. The third-order valence-corrected chi connectivity index (χ3v) is 7.85. The number of carbonyl (C=O) groups excluding carboxylic acids is 1. The van der Waals surface area contributed by atoms with Crippen molar-refractivity contribution in [3.05, 3.63) is 36.5 Å². The number of hydrogen-bond donors (Lipinski definition) is 3. The molecule has 0 aliphatic carbocycles. The average molecular weight is 576 g/mol. The first kappa shape index (κ1) is 39.6. The third-order valence-electron chi connectivity index (χ3n) is 7.85. The summed E-state index contributed by atoms with van der Waals surface area (Å²) in [4.78, 5) is 12.3. The van der Waals surface area contributed by atoms with E-state index in [2.05, 4.69) is 43.5 Å². The second kappa shape index (κ2) is 33.1. The van der Waals surface area contributed by atoms with Gasteiger partial charge >= 0.3 is 0 Å². The molecule has 240 valence electrons. The number of aliphatic hydroxyl groups excluding tert-OH is 2. The summed E-state index contributed by atoms with van der Waals surface area (Å²) in [7, 11) is 0. The van der Waals surface area contributed by atoms with Gasteiger partial charge in [-0.25, -0.2) is 0 Å². The van der Waals surface area contributed by atoms with Gasteiger partial charge in [-0.05, 0) is 57.8 Å². The standard InChI is InChI=1S/C37H69NO3/c1-3-5-7-9-11-13-15-17-19-21-23-25-27-29-31-33-37(41)38-35(34-39)36(40)32-30-28-26-24-22-20-18-16-14-12-10-8-6-4-2/h13,15,22,24,30,32,35-36,39-40H,3-12,14,16-21,23,25-29,31,33-34H2,1-2H3,(H,38,41)/b15-13-,24-22+,32-30+. The lowest BCUT2D eigenvalue weighted by molar-refractivity contribution is -0.123. The van der Waals surface area contributed by atoms with E-state index in [4.69, 9.17) is 0 Å². The van der Waals surface area contributed by atoms with Gasteiger partial charge in [0.15, 0.2) is 0 Å². The highest BCUT2D eigenvalue weighted by molar-refractivity contribution is 5.76. The van der Waals surface area contributed by atoms with Gasteiger partial charge in [-0.3, -0.25) is 4.79 Å². The first-order chi connectivity index (χ1) is 20.2. The number of unbranched alkanes of at least 4 members (excludes halogenated alkanes) is 20. The van der Waals surface area contributed by atoms with Crippen molar-refractivity contribution in [1.29, 1.82) is 0 Å². The molecule has 0 aliphatic rings. The molecule has 41 heavy (non-hydrogen) atoms. The minimum Gasteiger partial charge on any atom is -0.394 e. The molecular weight excluding hydrogens is 506 g/mol. The van der Waals surface area contributed by atoms with E-state index in [1.54, 1.807) is 6.08 Å². The molecule has 0 aliphatic heterocycles. The SMILES string of the molecule is CCCCCC/C=C\CCCCCCCCCC(=O)NC(CO)C(O)/C=C/CC/C=C/CCCCCCCCCC. The van der Waals surface area contributed by atoms with Crippen LogP contribution in [0.15, 0.2) is 36.5 Å². The van der Waals surface area contributed by atoms with Gasteiger partial charge in [0, 0.05) is 6.42 Å². The number of nitrogens with one attached hydrogen (secondary N) is 1. The molecular formula is C37H69NO3. The summed E-state index contributed by atoms with van der Waals surface area (Å²) in [6.07, 6.45) is 42.2. The van der Waals surface area contributed by atoms with Gasteiger partial charge in [-0.1, -0.05) is 147 Å². The predicted molar refractivity (Wildman–Crippen MR) is 179 cm³/mol. The Hall–Kier alpha value is -1.39. The van der Waals surface area contributed by atoms with Gasteiger partial charge in [0.1, 0.15) is 0 Å². The summed E-state index contributed by atoms with van der Waals surface area (Å²) >= 11 is 0. The van der Waals surface area contributed by atoms with Crippen LogP contribution in [0.5, 0.6) is 0 Å². The Kier molecular flexibility index (Phi) is 32.0. The van der Waals surface area contributed by atoms with Crippen molar-refractivity contribution >= 4 is 5.91 Å². The maximum Gasteiger partial charge on any atom is 0.220 e. The van der Waals surface area contributed by atoms with Crippen molar-refractivity contribution in [1.82, 2.24) is 5.32 Å². The highest BCUT2D eigenvalue weighted by atomic mass is 16.3. The van der Waals surface area contributed by atoms with Crippen LogP contribution in [0.4, 0.5) is 0 Å². The van der Waals surface area contributed by atoms with Gasteiger partial charge in [0.05, 0.1) is 18.8 Å². The quantitative estimate of drug-likeness (QED) is 0.0569. The summed E-state index contributed by atoms with van der Waals surface area (Å²) in [5, 5.41) is 22.8. The van der Waals surface area contributed by atoms with Crippen LogP contribution in [0.25, 0.3) is 0 Å². The topological polar surface area (TPSA) is 69.6 Å². The van der Waals surface area contributed by atoms with E-state index >= 15 is 0 Å². The zero-order valence-electron chi connectivity index (χ0n) is 27.3. The lowest BCUT2D eigenvalue weighted by Gasteiger charge is -2.19. The summed E-state index contributed by atoms with van der Waals surface area (Å²) in [5.74, 6) is -0.0816. The van der Waals surface area contributed by atoms with Crippen LogP contribution in [-0.2, 0) is 4.79 Å². The van der Waals surface area contributed by atoms with Crippen LogP contribution in [0, 0.1) is 0 Å². The Balaban J connectivity index is 3.70. The van der Waals surface area contributed by atoms with Crippen LogP contribution < -0.4 is 5.32 Å². The zero-order valence-corrected chi connectivity index (χ0v) is 27.3. The van der Waals surface area contributed by atoms with Gasteiger partial charge < -0.3 is 15.5 Å². The number of carbonyl (C=O) groups is 1. The van der Waals surface area contributed by atoms with Crippen LogP contribution >= 0.6 is 0 Å².